The Morgan fingerprint density at radius 3 is 2.89 bits per heavy atom. The highest BCUT2D eigenvalue weighted by atomic mass is 16.5. The van der Waals surface area contributed by atoms with Crippen LogP contribution in [0.1, 0.15) is 18.5 Å². The summed E-state index contributed by atoms with van der Waals surface area (Å²) in [7, 11) is 1.69. The molecule has 0 bridgehead atoms. The van der Waals surface area contributed by atoms with E-state index in [1.54, 1.807) is 7.11 Å². The van der Waals surface area contributed by atoms with Gasteiger partial charge in [0.1, 0.15) is 11.4 Å². The van der Waals surface area contributed by atoms with E-state index in [0.717, 1.165) is 29.1 Å². The molecule has 1 saturated heterocycles. The molecule has 1 fully saturated rings. The van der Waals surface area contributed by atoms with Crippen molar-refractivity contribution in [1.82, 2.24) is 20.3 Å². The van der Waals surface area contributed by atoms with E-state index in [2.05, 4.69) is 22.6 Å². The SMILES string of the molecule is COc1c(C)cccc1-c1cn(C2CNC2C)nn1. The summed E-state index contributed by atoms with van der Waals surface area (Å²) in [6.07, 6.45) is 2.00. The Hall–Kier alpha value is -1.88. The Morgan fingerprint density at radius 1 is 1.42 bits per heavy atom. The molecule has 0 aliphatic carbocycles. The lowest BCUT2D eigenvalue weighted by atomic mass is 10.0. The van der Waals surface area contributed by atoms with Crippen LogP contribution in [0.5, 0.6) is 5.75 Å². The monoisotopic (exact) mass is 258 g/mol. The molecule has 0 radical (unpaired) electrons. The maximum Gasteiger partial charge on any atom is 0.131 e. The summed E-state index contributed by atoms with van der Waals surface area (Å²) in [4.78, 5) is 0. The minimum atomic E-state index is 0.400. The van der Waals surface area contributed by atoms with Crippen LogP contribution in [-0.2, 0) is 0 Å². The molecular weight excluding hydrogens is 240 g/mol. The molecule has 1 aromatic carbocycles. The van der Waals surface area contributed by atoms with E-state index in [-0.39, 0.29) is 0 Å². The Bertz CT molecular complexity index is 593. The minimum absolute atomic E-state index is 0.400. The highest BCUT2D eigenvalue weighted by molar-refractivity contribution is 5.68. The van der Waals surface area contributed by atoms with Crippen molar-refractivity contribution in [3.8, 4) is 17.0 Å². The lowest BCUT2D eigenvalue weighted by Crippen LogP contribution is -2.51. The molecule has 1 aromatic heterocycles. The first kappa shape index (κ1) is 12.2. The highest BCUT2D eigenvalue weighted by Crippen LogP contribution is 2.32. The number of nitrogens with one attached hydrogen (secondary N) is 1. The lowest BCUT2D eigenvalue weighted by Gasteiger charge is -2.34. The smallest absolute Gasteiger partial charge is 0.131 e. The number of ether oxygens (including phenoxy) is 1. The second kappa shape index (κ2) is 4.66. The molecule has 100 valence electrons. The molecule has 2 heterocycles. The Kier molecular flexibility index (Phi) is 2.98. The van der Waals surface area contributed by atoms with Crippen LogP contribution in [-0.4, -0.2) is 34.7 Å². The number of methoxy groups -OCH3 is 1. The average Bonchev–Trinajstić information content (AvgIpc) is 2.85. The first-order valence-corrected chi connectivity index (χ1v) is 6.50. The van der Waals surface area contributed by atoms with Crippen LogP contribution in [0.4, 0.5) is 0 Å². The number of para-hydroxylation sites is 1. The molecule has 2 aromatic rings. The fourth-order valence-electron chi connectivity index (χ4n) is 2.47. The van der Waals surface area contributed by atoms with E-state index in [1.807, 2.05) is 36.0 Å². The zero-order valence-electron chi connectivity index (χ0n) is 11.4. The Morgan fingerprint density at radius 2 is 2.26 bits per heavy atom. The van der Waals surface area contributed by atoms with Gasteiger partial charge >= 0.3 is 0 Å². The van der Waals surface area contributed by atoms with Crippen molar-refractivity contribution in [2.45, 2.75) is 25.9 Å². The highest BCUT2D eigenvalue weighted by Gasteiger charge is 2.29. The largest absolute Gasteiger partial charge is 0.496 e. The topological polar surface area (TPSA) is 52.0 Å². The van der Waals surface area contributed by atoms with Gasteiger partial charge in [0, 0.05) is 18.2 Å². The normalized spacial score (nSPS) is 22.1. The van der Waals surface area contributed by atoms with Crippen molar-refractivity contribution in [1.29, 1.82) is 0 Å². The predicted octanol–water partition coefficient (Wildman–Crippen LogP) is 1.79. The third-order valence-corrected chi connectivity index (χ3v) is 3.77. The fourth-order valence-corrected chi connectivity index (χ4v) is 2.47. The molecule has 5 heteroatoms. The van der Waals surface area contributed by atoms with Gasteiger partial charge in [-0.05, 0) is 25.5 Å². The van der Waals surface area contributed by atoms with Gasteiger partial charge < -0.3 is 10.1 Å². The molecule has 5 nitrogen and oxygen atoms in total. The van der Waals surface area contributed by atoms with Crippen molar-refractivity contribution in [3.05, 3.63) is 30.0 Å². The van der Waals surface area contributed by atoms with Gasteiger partial charge in [-0.25, -0.2) is 4.68 Å². The van der Waals surface area contributed by atoms with Crippen LogP contribution in [0.2, 0.25) is 0 Å². The van der Waals surface area contributed by atoms with E-state index in [1.165, 1.54) is 0 Å². The van der Waals surface area contributed by atoms with E-state index >= 15 is 0 Å². The van der Waals surface area contributed by atoms with Crippen LogP contribution in [0.15, 0.2) is 24.4 Å². The first-order valence-electron chi connectivity index (χ1n) is 6.50. The van der Waals surface area contributed by atoms with Gasteiger partial charge in [-0.15, -0.1) is 5.10 Å². The molecule has 0 spiro atoms. The van der Waals surface area contributed by atoms with Crippen LogP contribution in [0.25, 0.3) is 11.3 Å². The number of hydrogen-bond acceptors (Lipinski definition) is 4. The zero-order valence-corrected chi connectivity index (χ0v) is 11.4. The molecule has 2 unspecified atom stereocenters. The van der Waals surface area contributed by atoms with Crippen molar-refractivity contribution in [2.24, 2.45) is 0 Å². The van der Waals surface area contributed by atoms with Crippen molar-refractivity contribution >= 4 is 0 Å². The standard InChI is InChI=1S/C14H18N4O/c1-9-5-4-6-11(14(9)19-3)12-8-18(17-16-12)13-7-15-10(13)2/h4-6,8,10,13,15H,7H2,1-3H3. The number of benzene rings is 1. The maximum absolute atomic E-state index is 5.47. The van der Waals surface area contributed by atoms with Crippen LogP contribution in [0, 0.1) is 6.92 Å². The summed E-state index contributed by atoms with van der Waals surface area (Å²) >= 11 is 0. The van der Waals surface area contributed by atoms with Crippen LogP contribution < -0.4 is 10.1 Å². The number of hydrogen-bond donors (Lipinski definition) is 1. The third-order valence-electron chi connectivity index (χ3n) is 3.77. The number of rotatable bonds is 3. The van der Waals surface area contributed by atoms with E-state index in [9.17, 15) is 0 Å². The van der Waals surface area contributed by atoms with Crippen LogP contribution >= 0.6 is 0 Å². The molecule has 19 heavy (non-hydrogen) atoms. The van der Waals surface area contributed by atoms with Crippen molar-refractivity contribution in [2.75, 3.05) is 13.7 Å². The van der Waals surface area contributed by atoms with Gasteiger partial charge in [0.2, 0.25) is 0 Å². The van der Waals surface area contributed by atoms with Gasteiger partial charge in [-0.2, -0.15) is 0 Å². The average molecular weight is 258 g/mol. The molecule has 0 saturated carbocycles. The van der Waals surface area contributed by atoms with Gasteiger partial charge in [-0.3, -0.25) is 0 Å². The Labute approximate surface area is 112 Å². The summed E-state index contributed by atoms with van der Waals surface area (Å²) in [5, 5.41) is 11.8. The number of nitrogens with zero attached hydrogens (tertiary/aromatic N) is 3. The van der Waals surface area contributed by atoms with Crippen molar-refractivity contribution < 1.29 is 4.74 Å². The zero-order chi connectivity index (χ0) is 13.4. The quantitative estimate of drug-likeness (QED) is 0.912. The first-order chi connectivity index (χ1) is 9.20. The molecular formula is C14H18N4O. The molecule has 0 amide bonds. The summed E-state index contributed by atoms with van der Waals surface area (Å²) in [5.41, 5.74) is 2.96. The summed E-state index contributed by atoms with van der Waals surface area (Å²) in [6.45, 7) is 5.14. The third kappa shape index (κ3) is 2.00. The van der Waals surface area contributed by atoms with E-state index in [4.69, 9.17) is 4.74 Å². The molecule has 2 atom stereocenters. The van der Waals surface area contributed by atoms with Gasteiger partial charge in [0.15, 0.2) is 0 Å². The van der Waals surface area contributed by atoms with Crippen molar-refractivity contribution in [3.63, 3.8) is 0 Å². The second-order valence-electron chi connectivity index (χ2n) is 5.00. The fraction of sp³-hybridized carbons (Fsp3) is 0.429. The molecule has 3 rings (SSSR count). The summed E-state index contributed by atoms with van der Waals surface area (Å²) in [6, 6.07) is 6.92. The van der Waals surface area contributed by atoms with Gasteiger partial charge in [0.25, 0.3) is 0 Å². The number of aryl methyl sites for hydroxylation is 1. The van der Waals surface area contributed by atoms with E-state index < -0.39 is 0 Å². The van der Waals surface area contributed by atoms with Gasteiger partial charge in [0.05, 0.1) is 19.3 Å². The summed E-state index contributed by atoms with van der Waals surface area (Å²) < 4.78 is 7.42. The minimum Gasteiger partial charge on any atom is -0.496 e. The van der Waals surface area contributed by atoms with E-state index in [0.29, 0.717) is 12.1 Å². The molecule has 1 aliphatic rings. The molecule has 1 aliphatic heterocycles. The second-order valence-corrected chi connectivity index (χ2v) is 5.00. The lowest BCUT2D eigenvalue weighted by molar-refractivity contribution is 0.231. The summed E-state index contributed by atoms with van der Waals surface area (Å²) in [5.74, 6) is 0.870. The Balaban J connectivity index is 1.97. The van der Waals surface area contributed by atoms with Crippen LogP contribution in [0.3, 0.4) is 0 Å². The maximum atomic E-state index is 5.47. The predicted molar refractivity (Wildman–Crippen MR) is 73.2 cm³/mol. The van der Waals surface area contributed by atoms with Gasteiger partial charge in [-0.1, -0.05) is 17.3 Å². The molecule has 1 N–H and O–H groups in total. The number of aromatic nitrogens is 3.